The molecule has 2 N–H and O–H groups in total. The molecule has 0 bridgehead atoms. The lowest BCUT2D eigenvalue weighted by molar-refractivity contribution is -0.384. The van der Waals surface area contributed by atoms with Gasteiger partial charge in [-0.15, -0.1) is 0 Å². The van der Waals surface area contributed by atoms with Gasteiger partial charge in [-0.25, -0.2) is 4.98 Å². The summed E-state index contributed by atoms with van der Waals surface area (Å²) in [6.45, 7) is 0.450. The molecule has 0 saturated heterocycles. The molecular formula is C19H14Cl2F3N5O3. The number of anilines is 3. The summed E-state index contributed by atoms with van der Waals surface area (Å²) in [5.41, 5.74) is 2.46. The summed E-state index contributed by atoms with van der Waals surface area (Å²) in [5, 5.41) is 17.6. The van der Waals surface area contributed by atoms with Crippen molar-refractivity contribution in [3.63, 3.8) is 0 Å². The molecule has 8 nitrogen and oxygen atoms in total. The average Bonchev–Trinajstić information content (AvgIpc) is 2.75. The smallest absolute Gasteiger partial charge is 0.381 e. The lowest BCUT2D eigenvalue weighted by Crippen LogP contribution is -2.07. The molecule has 2 aromatic carbocycles. The Hall–Kier alpha value is -3.44. The molecule has 0 aliphatic rings. The van der Waals surface area contributed by atoms with Crippen LogP contribution >= 0.6 is 23.2 Å². The Morgan fingerprint density at radius 2 is 1.75 bits per heavy atom. The largest absolute Gasteiger partial charge is 0.446 e. The third kappa shape index (κ3) is 8.36. The van der Waals surface area contributed by atoms with Crippen molar-refractivity contribution in [3.05, 3.63) is 80.7 Å². The molecule has 0 unspecified atom stereocenters. The first-order valence-corrected chi connectivity index (χ1v) is 9.38. The van der Waals surface area contributed by atoms with E-state index in [0.29, 0.717) is 17.4 Å². The number of carbonyl (C=O) groups excluding carboxylic acids is 1. The lowest BCUT2D eigenvalue weighted by Gasteiger charge is -2.11. The highest BCUT2D eigenvalue weighted by molar-refractivity contribution is 6.33. The molecule has 0 aliphatic carbocycles. The highest BCUT2D eigenvalue weighted by atomic mass is 35.5. The van der Waals surface area contributed by atoms with Crippen LogP contribution in [0.25, 0.3) is 0 Å². The summed E-state index contributed by atoms with van der Waals surface area (Å²) in [4.78, 5) is 27.0. The minimum absolute atomic E-state index is 0.0648. The van der Waals surface area contributed by atoms with E-state index in [0.717, 1.165) is 16.9 Å². The SMILES string of the molecule is O=CC(F)(F)F.O=[N+]([O-])c1cccc(CNc2cccc(Nc3nc(Cl)ncc3Cl)c2)c1. The van der Waals surface area contributed by atoms with Crippen molar-refractivity contribution in [1.29, 1.82) is 0 Å². The Balaban J connectivity index is 0.000000534. The molecule has 1 heterocycles. The number of nitrogens with one attached hydrogen (secondary N) is 2. The summed E-state index contributed by atoms with van der Waals surface area (Å²) in [6, 6.07) is 13.9. The van der Waals surface area contributed by atoms with Crippen LogP contribution in [-0.4, -0.2) is 27.4 Å². The standard InChI is InChI=1S/C17H13Cl2N5O2.C2HF3O/c18-15-10-21-17(19)23-16(15)22-13-5-2-4-12(8-13)20-9-11-3-1-6-14(7-11)24(25)26;3-2(4,5)1-6/h1-8,10,20H,9H2,(H,21,22,23);1H. The zero-order chi connectivity index (χ0) is 23.7. The topological polar surface area (TPSA) is 110 Å². The van der Waals surface area contributed by atoms with Crippen LogP contribution in [0.5, 0.6) is 0 Å². The van der Waals surface area contributed by atoms with Gasteiger partial charge in [0.25, 0.3) is 5.69 Å². The third-order valence-electron chi connectivity index (χ3n) is 3.59. The van der Waals surface area contributed by atoms with Gasteiger partial charge in [-0.2, -0.15) is 18.2 Å². The third-order valence-corrected chi connectivity index (χ3v) is 4.05. The van der Waals surface area contributed by atoms with Crippen LogP contribution in [-0.2, 0) is 11.3 Å². The number of hydrogen-bond donors (Lipinski definition) is 2. The molecule has 0 aliphatic heterocycles. The maximum absolute atomic E-state index is 10.8. The van der Waals surface area contributed by atoms with Gasteiger partial charge in [0.05, 0.1) is 11.1 Å². The molecule has 0 spiro atoms. The molecule has 0 fully saturated rings. The summed E-state index contributed by atoms with van der Waals surface area (Å²) in [5.74, 6) is 0.405. The van der Waals surface area contributed by atoms with Crippen LogP contribution in [0, 0.1) is 10.1 Å². The first-order valence-electron chi connectivity index (χ1n) is 8.63. The van der Waals surface area contributed by atoms with Gasteiger partial charge < -0.3 is 10.6 Å². The number of nitro groups is 1. The van der Waals surface area contributed by atoms with Crippen LogP contribution in [0.1, 0.15) is 5.56 Å². The fourth-order valence-electron chi connectivity index (χ4n) is 2.26. The highest BCUT2D eigenvalue weighted by Gasteiger charge is 2.24. The van der Waals surface area contributed by atoms with Crippen molar-refractivity contribution in [2.75, 3.05) is 10.6 Å². The van der Waals surface area contributed by atoms with Crippen molar-refractivity contribution in [3.8, 4) is 0 Å². The van der Waals surface area contributed by atoms with Crippen LogP contribution in [0.4, 0.5) is 36.1 Å². The second-order valence-electron chi connectivity index (χ2n) is 5.98. The number of aldehydes is 1. The number of rotatable bonds is 6. The molecule has 32 heavy (non-hydrogen) atoms. The minimum atomic E-state index is -4.64. The van der Waals surface area contributed by atoms with E-state index in [1.807, 2.05) is 30.3 Å². The normalized spacial score (nSPS) is 10.5. The number of hydrogen-bond acceptors (Lipinski definition) is 7. The molecule has 3 aromatic rings. The number of alkyl halides is 3. The maximum Gasteiger partial charge on any atom is 0.446 e. The van der Waals surface area contributed by atoms with E-state index in [-0.39, 0.29) is 11.0 Å². The molecule has 0 atom stereocenters. The number of halogens is 5. The molecular weight excluding hydrogens is 474 g/mol. The van der Waals surface area contributed by atoms with Gasteiger partial charge in [0, 0.05) is 30.1 Å². The average molecular weight is 488 g/mol. The molecule has 0 radical (unpaired) electrons. The Labute approximate surface area is 189 Å². The van der Waals surface area contributed by atoms with E-state index >= 15 is 0 Å². The quantitative estimate of drug-likeness (QED) is 0.196. The number of aromatic nitrogens is 2. The Morgan fingerprint density at radius 3 is 2.41 bits per heavy atom. The Bertz CT molecular complexity index is 1100. The summed E-state index contributed by atoms with van der Waals surface area (Å²) >= 11 is 11.8. The second kappa shape index (κ2) is 11.3. The predicted molar refractivity (Wildman–Crippen MR) is 114 cm³/mol. The molecule has 1 aromatic heterocycles. The van der Waals surface area contributed by atoms with E-state index in [1.165, 1.54) is 18.3 Å². The zero-order valence-electron chi connectivity index (χ0n) is 15.9. The van der Waals surface area contributed by atoms with E-state index in [2.05, 4.69) is 20.6 Å². The minimum Gasteiger partial charge on any atom is -0.381 e. The van der Waals surface area contributed by atoms with Gasteiger partial charge in [0.1, 0.15) is 5.02 Å². The van der Waals surface area contributed by atoms with Gasteiger partial charge >= 0.3 is 6.18 Å². The van der Waals surface area contributed by atoms with Crippen LogP contribution in [0.15, 0.2) is 54.7 Å². The molecule has 0 saturated carbocycles. The lowest BCUT2D eigenvalue weighted by atomic mass is 10.2. The first-order chi connectivity index (χ1) is 15.1. The summed E-state index contributed by atoms with van der Waals surface area (Å²) in [7, 11) is 0. The van der Waals surface area contributed by atoms with E-state index in [9.17, 15) is 23.3 Å². The van der Waals surface area contributed by atoms with Crippen molar-refractivity contribution in [2.45, 2.75) is 12.7 Å². The molecule has 168 valence electrons. The Kier molecular flexibility index (Phi) is 8.73. The Morgan fingerprint density at radius 1 is 1.09 bits per heavy atom. The van der Waals surface area contributed by atoms with Crippen molar-refractivity contribution >= 4 is 52.4 Å². The summed E-state index contributed by atoms with van der Waals surface area (Å²) < 4.78 is 31.2. The van der Waals surface area contributed by atoms with Crippen LogP contribution < -0.4 is 10.6 Å². The van der Waals surface area contributed by atoms with Gasteiger partial charge in [-0.1, -0.05) is 29.8 Å². The van der Waals surface area contributed by atoms with E-state index in [1.54, 1.807) is 6.07 Å². The molecule has 0 amide bonds. The van der Waals surface area contributed by atoms with Gasteiger partial charge in [-0.05, 0) is 35.4 Å². The molecule has 3 rings (SSSR count). The monoisotopic (exact) mass is 487 g/mol. The predicted octanol–water partition coefficient (Wildman–Crippen LogP) is 5.79. The van der Waals surface area contributed by atoms with Gasteiger partial charge in [-0.3, -0.25) is 14.9 Å². The van der Waals surface area contributed by atoms with Gasteiger partial charge in [0.15, 0.2) is 5.82 Å². The molecule has 13 heteroatoms. The summed E-state index contributed by atoms with van der Waals surface area (Å²) in [6.07, 6.45) is -4.28. The fourth-order valence-corrected chi connectivity index (χ4v) is 2.53. The number of benzene rings is 2. The number of non-ortho nitro benzene ring substituents is 1. The fraction of sp³-hybridized carbons (Fsp3) is 0.105. The van der Waals surface area contributed by atoms with Crippen molar-refractivity contribution in [1.82, 2.24) is 9.97 Å². The van der Waals surface area contributed by atoms with Crippen LogP contribution in [0.3, 0.4) is 0 Å². The number of nitro benzene ring substituents is 1. The van der Waals surface area contributed by atoms with Crippen molar-refractivity contribution < 1.29 is 22.9 Å². The van der Waals surface area contributed by atoms with E-state index < -0.39 is 17.4 Å². The van der Waals surface area contributed by atoms with Gasteiger partial charge in [0.2, 0.25) is 11.6 Å². The van der Waals surface area contributed by atoms with Crippen molar-refractivity contribution in [2.24, 2.45) is 0 Å². The second-order valence-corrected chi connectivity index (χ2v) is 6.73. The van der Waals surface area contributed by atoms with Crippen LogP contribution in [0.2, 0.25) is 10.3 Å². The number of nitrogens with zero attached hydrogens (tertiary/aromatic N) is 3. The maximum atomic E-state index is 10.8. The first kappa shape index (κ1) is 24.8. The highest BCUT2D eigenvalue weighted by Crippen LogP contribution is 2.25. The number of carbonyl (C=O) groups is 1. The zero-order valence-corrected chi connectivity index (χ0v) is 17.4. The van der Waals surface area contributed by atoms with E-state index in [4.69, 9.17) is 28.0 Å².